The van der Waals surface area contributed by atoms with Crippen LogP contribution in [0.25, 0.3) is 0 Å². The van der Waals surface area contributed by atoms with Crippen molar-refractivity contribution in [1.29, 1.82) is 0 Å². The molecule has 0 saturated heterocycles. The fraction of sp³-hybridized carbons (Fsp3) is 0.348. The van der Waals surface area contributed by atoms with Crippen molar-refractivity contribution in [3.05, 3.63) is 60.2 Å². The summed E-state index contributed by atoms with van der Waals surface area (Å²) in [5.74, 6) is -0.197. The number of carbonyl (C=O) groups excluding carboxylic acids is 3. The summed E-state index contributed by atoms with van der Waals surface area (Å²) in [5.41, 5.74) is 1.47. The molecule has 1 aliphatic heterocycles. The average Bonchev–Trinajstić information content (AvgIpc) is 2.74. The van der Waals surface area contributed by atoms with Crippen LogP contribution >= 0.6 is 0 Å². The first kappa shape index (κ1) is 21.4. The molecule has 1 N–H and O–H groups in total. The van der Waals surface area contributed by atoms with Crippen molar-refractivity contribution >= 4 is 23.5 Å². The molecule has 2 amide bonds. The molecule has 1 heterocycles. The van der Waals surface area contributed by atoms with Gasteiger partial charge >= 0.3 is 5.97 Å². The topological polar surface area (TPSA) is 84.9 Å². The standard InChI is InChI=1S/C23H26N2O5/c1-3-29-22(27)15-18(17-9-5-4-6-10-17)24-21(26)13-14-25-19-11-7-8-12-20(19)30-16(2)23(25)28/h4-12,16,18H,3,13-15H2,1-2H3,(H,24,26). The van der Waals surface area contributed by atoms with Crippen molar-refractivity contribution in [3.63, 3.8) is 0 Å². The van der Waals surface area contributed by atoms with Crippen LogP contribution in [0.15, 0.2) is 54.6 Å². The van der Waals surface area contributed by atoms with Crippen LogP contribution in [0.5, 0.6) is 5.75 Å². The molecule has 0 aliphatic carbocycles. The Balaban J connectivity index is 1.67. The summed E-state index contributed by atoms with van der Waals surface area (Å²) in [6, 6.07) is 16.0. The molecule has 7 heteroatoms. The van der Waals surface area contributed by atoms with Gasteiger partial charge in [-0.05, 0) is 31.5 Å². The number of para-hydroxylation sites is 2. The summed E-state index contributed by atoms with van der Waals surface area (Å²) >= 11 is 0. The van der Waals surface area contributed by atoms with E-state index in [1.54, 1.807) is 30.9 Å². The predicted octanol–water partition coefficient (Wildman–Crippen LogP) is 3.00. The van der Waals surface area contributed by atoms with E-state index in [0.717, 1.165) is 5.56 Å². The molecule has 0 bridgehead atoms. The minimum absolute atomic E-state index is 0.0416. The zero-order chi connectivity index (χ0) is 21.5. The SMILES string of the molecule is CCOC(=O)CC(NC(=O)CCN1C(=O)C(C)Oc2ccccc21)c1ccccc1. The molecule has 30 heavy (non-hydrogen) atoms. The second-order valence-corrected chi connectivity index (χ2v) is 7.01. The van der Waals surface area contributed by atoms with Gasteiger partial charge in [-0.2, -0.15) is 0 Å². The number of nitrogens with zero attached hydrogens (tertiary/aromatic N) is 1. The predicted molar refractivity (Wildman–Crippen MR) is 112 cm³/mol. The number of fused-ring (bicyclic) bond motifs is 1. The second kappa shape index (κ2) is 9.91. The summed E-state index contributed by atoms with van der Waals surface area (Å²) in [5, 5.41) is 2.90. The van der Waals surface area contributed by atoms with E-state index in [-0.39, 0.29) is 43.8 Å². The maximum atomic E-state index is 12.7. The van der Waals surface area contributed by atoms with Gasteiger partial charge in [0.1, 0.15) is 5.75 Å². The first-order valence-electron chi connectivity index (χ1n) is 10.1. The minimum atomic E-state index is -0.608. The lowest BCUT2D eigenvalue weighted by Gasteiger charge is -2.33. The van der Waals surface area contributed by atoms with Crippen LogP contribution in [-0.2, 0) is 19.1 Å². The van der Waals surface area contributed by atoms with E-state index in [1.807, 2.05) is 42.5 Å². The fourth-order valence-corrected chi connectivity index (χ4v) is 3.39. The number of benzene rings is 2. The Morgan fingerprint density at radius 1 is 1.13 bits per heavy atom. The highest BCUT2D eigenvalue weighted by Gasteiger charge is 2.31. The third-order valence-electron chi connectivity index (χ3n) is 4.85. The maximum absolute atomic E-state index is 12.7. The number of rotatable bonds is 8. The molecule has 0 radical (unpaired) electrons. The molecule has 1 aliphatic rings. The highest BCUT2D eigenvalue weighted by molar-refractivity contribution is 6.00. The second-order valence-electron chi connectivity index (χ2n) is 7.01. The number of esters is 1. The Bertz CT molecular complexity index is 899. The highest BCUT2D eigenvalue weighted by Crippen LogP contribution is 2.33. The molecule has 0 spiro atoms. The van der Waals surface area contributed by atoms with Gasteiger partial charge < -0.3 is 19.7 Å². The quantitative estimate of drug-likeness (QED) is 0.677. The van der Waals surface area contributed by atoms with Crippen LogP contribution in [0.2, 0.25) is 0 Å². The zero-order valence-electron chi connectivity index (χ0n) is 17.2. The van der Waals surface area contributed by atoms with E-state index < -0.39 is 12.1 Å². The molecule has 2 atom stereocenters. The lowest BCUT2D eigenvalue weighted by Crippen LogP contribution is -2.46. The molecular formula is C23H26N2O5. The van der Waals surface area contributed by atoms with Crippen LogP contribution in [0.3, 0.4) is 0 Å². The summed E-state index contributed by atoms with van der Waals surface area (Å²) in [4.78, 5) is 38.8. The van der Waals surface area contributed by atoms with Gasteiger partial charge in [-0.1, -0.05) is 42.5 Å². The largest absolute Gasteiger partial charge is 0.479 e. The lowest BCUT2D eigenvalue weighted by atomic mass is 10.0. The minimum Gasteiger partial charge on any atom is -0.479 e. The molecule has 0 saturated carbocycles. The van der Waals surface area contributed by atoms with Gasteiger partial charge in [-0.15, -0.1) is 0 Å². The lowest BCUT2D eigenvalue weighted by molar-refractivity contribution is -0.143. The summed E-state index contributed by atoms with van der Waals surface area (Å²) in [6.45, 7) is 3.93. The van der Waals surface area contributed by atoms with E-state index >= 15 is 0 Å². The maximum Gasteiger partial charge on any atom is 0.308 e. The van der Waals surface area contributed by atoms with Crippen LogP contribution in [0.4, 0.5) is 5.69 Å². The third-order valence-corrected chi connectivity index (χ3v) is 4.85. The Hall–Kier alpha value is -3.35. The van der Waals surface area contributed by atoms with Gasteiger partial charge in [0.25, 0.3) is 5.91 Å². The normalized spacial score (nSPS) is 16.3. The third kappa shape index (κ3) is 5.17. The Morgan fingerprint density at radius 2 is 1.83 bits per heavy atom. The van der Waals surface area contributed by atoms with E-state index in [2.05, 4.69) is 5.32 Å². The van der Waals surface area contributed by atoms with Gasteiger partial charge in [0.2, 0.25) is 5.91 Å². The molecule has 0 aromatic heterocycles. The summed E-state index contributed by atoms with van der Waals surface area (Å²) < 4.78 is 10.7. The van der Waals surface area contributed by atoms with Gasteiger partial charge in [0.15, 0.2) is 6.10 Å². The molecule has 0 fully saturated rings. The molecule has 2 unspecified atom stereocenters. The van der Waals surface area contributed by atoms with Crippen LogP contribution in [-0.4, -0.2) is 37.0 Å². The van der Waals surface area contributed by atoms with E-state index in [9.17, 15) is 14.4 Å². The average molecular weight is 410 g/mol. The Labute approximate surface area is 176 Å². The first-order chi connectivity index (χ1) is 14.5. The number of nitrogens with one attached hydrogen (secondary N) is 1. The fourth-order valence-electron chi connectivity index (χ4n) is 3.39. The molecule has 2 aromatic rings. The molecule has 2 aromatic carbocycles. The Morgan fingerprint density at radius 3 is 2.57 bits per heavy atom. The van der Waals surface area contributed by atoms with Gasteiger partial charge in [-0.3, -0.25) is 14.4 Å². The summed E-state index contributed by atoms with van der Waals surface area (Å²) in [6.07, 6.45) is -0.470. The highest BCUT2D eigenvalue weighted by atomic mass is 16.5. The first-order valence-corrected chi connectivity index (χ1v) is 10.1. The van der Waals surface area contributed by atoms with E-state index in [4.69, 9.17) is 9.47 Å². The molecule has 7 nitrogen and oxygen atoms in total. The molecule has 3 rings (SSSR count). The summed E-state index contributed by atoms with van der Waals surface area (Å²) in [7, 11) is 0. The van der Waals surface area contributed by atoms with Crippen molar-refractivity contribution in [2.24, 2.45) is 0 Å². The number of amides is 2. The van der Waals surface area contributed by atoms with Crippen LogP contribution < -0.4 is 15.0 Å². The van der Waals surface area contributed by atoms with E-state index in [0.29, 0.717) is 11.4 Å². The van der Waals surface area contributed by atoms with Gasteiger partial charge in [0.05, 0.1) is 24.8 Å². The van der Waals surface area contributed by atoms with Crippen molar-refractivity contribution in [3.8, 4) is 5.75 Å². The van der Waals surface area contributed by atoms with Crippen molar-refractivity contribution < 1.29 is 23.9 Å². The van der Waals surface area contributed by atoms with Gasteiger partial charge in [0, 0.05) is 13.0 Å². The zero-order valence-corrected chi connectivity index (χ0v) is 17.2. The smallest absolute Gasteiger partial charge is 0.308 e. The molecule has 158 valence electrons. The number of anilines is 1. The van der Waals surface area contributed by atoms with Crippen LogP contribution in [0.1, 0.15) is 38.3 Å². The van der Waals surface area contributed by atoms with Crippen molar-refractivity contribution in [1.82, 2.24) is 5.32 Å². The molecular weight excluding hydrogens is 384 g/mol. The van der Waals surface area contributed by atoms with Crippen molar-refractivity contribution in [2.45, 2.75) is 38.8 Å². The van der Waals surface area contributed by atoms with Crippen LogP contribution in [0, 0.1) is 0 Å². The van der Waals surface area contributed by atoms with E-state index in [1.165, 1.54) is 0 Å². The van der Waals surface area contributed by atoms with Crippen molar-refractivity contribution in [2.75, 3.05) is 18.1 Å². The van der Waals surface area contributed by atoms with Gasteiger partial charge in [-0.25, -0.2) is 0 Å². The number of carbonyl (C=O) groups is 3. The number of ether oxygens (including phenoxy) is 2. The number of hydrogen-bond acceptors (Lipinski definition) is 5. The monoisotopic (exact) mass is 410 g/mol. The Kier molecular flexibility index (Phi) is 7.06. The number of hydrogen-bond donors (Lipinski definition) is 1.